The molecule has 0 radical (unpaired) electrons. The molecule has 2 aromatic rings. The van der Waals surface area contributed by atoms with Gasteiger partial charge in [0.15, 0.2) is 5.69 Å². The Bertz CT molecular complexity index is 717. The summed E-state index contributed by atoms with van der Waals surface area (Å²) in [6.45, 7) is 2.87. The number of benzene rings is 1. The van der Waals surface area contributed by atoms with Gasteiger partial charge in [-0.3, -0.25) is 14.7 Å². The van der Waals surface area contributed by atoms with Crippen LogP contribution in [0.3, 0.4) is 0 Å². The molecule has 0 bridgehead atoms. The van der Waals surface area contributed by atoms with Crippen molar-refractivity contribution >= 4 is 35.1 Å². The molecular formula is C15H20ClN5O2. The summed E-state index contributed by atoms with van der Waals surface area (Å²) in [6.07, 6.45) is 0.802. The van der Waals surface area contributed by atoms with Crippen molar-refractivity contribution < 1.29 is 9.59 Å². The van der Waals surface area contributed by atoms with Crippen molar-refractivity contribution in [3.63, 3.8) is 0 Å². The van der Waals surface area contributed by atoms with Gasteiger partial charge in [-0.2, -0.15) is 5.10 Å². The molecule has 4 N–H and O–H groups in total. The molecule has 1 unspecified atom stereocenters. The zero-order chi connectivity index (χ0) is 15.7. The van der Waals surface area contributed by atoms with E-state index < -0.39 is 6.04 Å². The Labute approximate surface area is 140 Å². The predicted octanol–water partition coefficient (Wildman–Crippen LogP) is 0.663. The maximum absolute atomic E-state index is 12.3. The number of carbonyl (C=O) groups is 2. The highest BCUT2D eigenvalue weighted by atomic mass is 35.5. The smallest absolute Gasteiger partial charge is 0.273 e. The molecule has 1 saturated heterocycles. The molecule has 2 amide bonds. The third-order valence-electron chi connectivity index (χ3n) is 3.94. The minimum atomic E-state index is -0.603. The van der Waals surface area contributed by atoms with E-state index in [1.807, 2.05) is 24.3 Å². The average molecular weight is 338 g/mol. The van der Waals surface area contributed by atoms with E-state index >= 15 is 0 Å². The fourth-order valence-corrected chi connectivity index (χ4v) is 2.72. The number of hydrogen-bond acceptors (Lipinski definition) is 4. The van der Waals surface area contributed by atoms with E-state index in [-0.39, 0.29) is 30.3 Å². The molecular weight excluding hydrogens is 318 g/mol. The summed E-state index contributed by atoms with van der Waals surface area (Å²) in [5, 5.41) is 10.3. The lowest BCUT2D eigenvalue weighted by atomic mass is 10.2. The van der Waals surface area contributed by atoms with E-state index in [0.717, 1.165) is 17.3 Å². The van der Waals surface area contributed by atoms with Crippen molar-refractivity contribution in [2.24, 2.45) is 5.73 Å². The van der Waals surface area contributed by atoms with Crippen LogP contribution in [0.5, 0.6) is 0 Å². The number of amides is 2. The van der Waals surface area contributed by atoms with Crippen LogP contribution in [0.25, 0.3) is 10.9 Å². The number of nitrogens with one attached hydrogen (secondary N) is 2. The van der Waals surface area contributed by atoms with E-state index in [2.05, 4.69) is 15.5 Å². The van der Waals surface area contributed by atoms with Crippen LogP contribution in [0.15, 0.2) is 24.3 Å². The summed E-state index contributed by atoms with van der Waals surface area (Å²) in [5.74, 6) is -0.470. The Morgan fingerprint density at radius 2 is 2.17 bits per heavy atom. The first-order chi connectivity index (χ1) is 10.6. The summed E-state index contributed by atoms with van der Waals surface area (Å²) < 4.78 is 0. The van der Waals surface area contributed by atoms with E-state index in [1.165, 1.54) is 0 Å². The summed E-state index contributed by atoms with van der Waals surface area (Å²) in [5.41, 5.74) is 6.90. The molecule has 1 fully saturated rings. The number of aromatic nitrogens is 2. The number of halogens is 1. The summed E-state index contributed by atoms with van der Waals surface area (Å²) in [7, 11) is 0. The third-order valence-corrected chi connectivity index (χ3v) is 3.94. The van der Waals surface area contributed by atoms with Gasteiger partial charge >= 0.3 is 0 Å². The third kappa shape index (κ3) is 3.46. The Balaban J connectivity index is 0.00000192. The number of H-pyrrole nitrogens is 1. The molecule has 7 nitrogen and oxygen atoms in total. The SMILES string of the molecule is CC(NC(=O)c1n[nH]c2ccccc12)C(=O)N1CC[C@@H](N)C1.Cl. The highest BCUT2D eigenvalue weighted by molar-refractivity contribution is 6.05. The first-order valence-corrected chi connectivity index (χ1v) is 7.34. The van der Waals surface area contributed by atoms with Gasteiger partial charge in [0.05, 0.1) is 5.52 Å². The summed E-state index contributed by atoms with van der Waals surface area (Å²) in [6, 6.07) is 6.80. The molecule has 1 aromatic carbocycles. The van der Waals surface area contributed by atoms with Crippen molar-refractivity contribution in [1.29, 1.82) is 0 Å². The first-order valence-electron chi connectivity index (χ1n) is 7.34. The molecule has 23 heavy (non-hydrogen) atoms. The molecule has 2 heterocycles. The van der Waals surface area contributed by atoms with Crippen molar-refractivity contribution in [1.82, 2.24) is 20.4 Å². The first kappa shape index (κ1) is 17.2. The van der Waals surface area contributed by atoms with Gasteiger partial charge in [-0.1, -0.05) is 18.2 Å². The van der Waals surface area contributed by atoms with Crippen LogP contribution in [-0.4, -0.2) is 52.1 Å². The number of hydrogen-bond donors (Lipinski definition) is 3. The number of likely N-dealkylation sites (tertiary alicyclic amines) is 1. The van der Waals surface area contributed by atoms with E-state index in [4.69, 9.17) is 5.73 Å². The zero-order valence-corrected chi connectivity index (χ0v) is 13.6. The van der Waals surface area contributed by atoms with Gasteiger partial charge in [-0.15, -0.1) is 12.4 Å². The van der Waals surface area contributed by atoms with Crippen molar-refractivity contribution in [3.05, 3.63) is 30.0 Å². The number of rotatable bonds is 3. The van der Waals surface area contributed by atoms with Crippen LogP contribution in [0.4, 0.5) is 0 Å². The Kier molecular flexibility index (Phi) is 5.23. The number of nitrogens with two attached hydrogens (primary N) is 1. The van der Waals surface area contributed by atoms with Crippen LogP contribution in [0.2, 0.25) is 0 Å². The van der Waals surface area contributed by atoms with Gasteiger partial charge in [0, 0.05) is 24.5 Å². The van der Waals surface area contributed by atoms with E-state index in [9.17, 15) is 9.59 Å². The van der Waals surface area contributed by atoms with Crippen LogP contribution in [0, 0.1) is 0 Å². The van der Waals surface area contributed by atoms with Crippen molar-refractivity contribution in [3.8, 4) is 0 Å². The molecule has 0 spiro atoms. The fourth-order valence-electron chi connectivity index (χ4n) is 2.72. The quantitative estimate of drug-likeness (QED) is 0.765. The van der Waals surface area contributed by atoms with Gasteiger partial charge < -0.3 is 16.0 Å². The average Bonchev–Trinajstić information content (AvgIpc) is 3.12. The molecule has 0 aliphatic carbocycles. The van der Waals surface area contributed by atoms with E-state index in [1.54, 1.807) is 11.8 Å². The zero-order valence-electron chi connectivity index (χ0n) is 12.8. The Morgan fingerprint density at radius 3 is 2.87 bits per heavy atom. The maximum Gasteiger partial charge on any atom is 0.273 e. The number of aromatic amines is 1. The number of carbonyl (C=O) groups excluding carboxylic acids is 2. The van der Waals surface area contributed by atoms with Gasteiger partial charge in [0.25, 0.3) is 5.91 Å². The molecule has 2 atom stereocenters. The lowest BCUT2D eigenvalue weighted by Gasteiger charge is -2.21. The fraction of sp³-hybridized carbons (Fsp3) is 0.400. The van der Waals surface area contributed by atoms with Crippen LogP contribution in [-0.2, 0) is 4.79 Å². The minimum absolute atomic E-state index is 0. The molecule has 1 aromatic heterocycles. The second-order valence-electron chi connectivity index (χ2n) is 5.65. The Morgan fingerprint density at radius 1 is 1.43 bits per heavy atom. The molecule has 0 saturated carbocycles. The number of fused-ring (bicyclic) bond motifs is 1. The van der Waals surface area contributed by atoms with Gasteiger partial charge in [-0.25, -0.2) is 0 Å². The highest BCUT2D eigenvalue weighted by Gasteiger charge is 2.28. The lowest BCUT2D eigenvalue weighted by Crippen LogP contribution is -2.46. The molecule has 1 aliphatic rings. The van der Waals surface area contributed by atoms with Gasteiger partial charge in [0.2, 0.25) is 5.91 Å². The van der Waals surface area contributed by atoms with Crippen LogP contribution < -0.4 is 11.1 Å². The standard InChI is InChI=1S/C15H19N5O2.ClH/c1-9(15(22)20-7-6-10(16)8-20)17-14(21)13-11-4-2-3-5-12(11)18-19-13;/h2-5,9-10H,6-8,16H2,1H3,(H,17,21)(H,18,19);1H/t9?,10-;/m1./s1. The maximum atomic E-state index is 12.3. The monoisotopic (exact) mass is 337 g/mol. The number of para-hydroxylation sites is 1. The second-order valence-corrected chi connectivity index (χ2v) is 5.65. The van der Waals surface area contributed by atoms with Gasteiger partial charge in [0.1, 0.15) is 6.04 Å². The molecule has 1 aliphatic heterocycles. The van der Waals surface area contributed by atoms with Crippen molar-refractivity contribution in [2.45, 2.75) is 25.4 Å². The highest BCUT2D eigenvalue weighted by Crippen LogP contribution is 2.15. The van der Waals surface area contributed by atoms with Gasteiger partial charge in [-0.05, 0) is 19.4 Å². The van der Waals surface area contributed by atoms with Crippen LogP contribution in [0.1, 0.15) is 23.8 Å². The lowest BCUT2D eigenvalue weighted by molar-refractivity contribution is -0.131. The van der Waals surface area contributed by atoms with Crippen molar-refractivity contribution in [2.75, 3.05) is 13.1 Å². The summed E-state index contributed by atoms with van der Waals surface area (Å²) in [4.78, 5) is 26.3. The Hall–Kier alpha value is -2.12. The van der Waals surface area contributed by atoms with E-state index in [0.29, 0.717) is 18.8 Å². The largest absolute Gasteiger partial charge is 0.339 e. The predicted molar refractivity (Wildman–Crippen MR) is 89.4 cm³/mol. The molecule has 124 valence electrons. The normalized spacial score (nSPS) is 18.5. The summed E-state index contributed by atoms with van der Waals surface area (Å²) >= 11 is 0. The topological polar surface area (TPSA) is 104 Å². The second kappa shape index (κ2) is 6.97. The minimum Gasteiger partial charge on any atom is -0.339 e. The molecule has 8 heteroatoms. The van der Waals surface area contributed by atoms with Crippen LogP contribution >= 0.6 is 12.4 Å². The number of nitrogens with zero attached hydrogens (tertiary/aromatic N) is 2. The molecule has 3 rings (SSSR count).